The molecule has 1 unspecified atom stereocenters. The fourth-order valence-corrected chi connectivity index (χ4v) is 5.36. The van der Waals surface area contributed by atoms with E-state index in [2.05, 4.69) is 71.1 Å². The summed E-state index contributed by atoms with van der Waals surface area (Å²) >= 11 is 1.74. The number of thiazole rings is 1. The van der Waals surface area contributed by atoms with Crippen LogP contribution in [0.15, 0.2) is 53.9 Å². The van der Waals surface area contributed by atoms with Gasteiger partial charge in [0.2, 0.25) is 0 Å². The van der Waals surface area contributed by atoms with E-state index in [9.17, 15) is 0 Å². The van der Waals surface area contributed by atoms with Crippen LogP contribution in [0.3, 0.4) is 0 Å². The Morgan fingerprint density at radius 2 is 1.90 bits per heavy atom. The Morgan fingerprint density at radius 1 is 1.06 bits per heavy atom. The first kappa shape index (κ1) is 20.5. The molecule has 0 bridgehead atoms. The Morgan fingerprint density at radius 3 is 2.68 bits per heavy atom. The molecule has 1 N–H and O–H groups in total. The molecule has 5 heteroatoms. The molecule has 0 radical (unpaired) electrons. The molecule has 2 aromatic carbocycles. The average molecular weight is 435 g/mol. The van der Waals surface area contributed by atoms with E-state index in [1.54, 1.807) is 11.3 Å². The topological polar surface area (TPSA) is 43.4 Å². The highest BCUT2D eigenvalue weighted by Crippen LogP contribution is 2.37. The van der Waals surface area contributed by atoms with Gasteiger partial charge in [-0.05, 0) is 74.8 Å². The quantitative estimate of drug-likeness (QED) is 0.517. The monoisotopic (exact) mass is 434 g/mol. The molecule has 2 heterocycles. The van der Waals surface area contributed by atoms with Gasteiger partial charge in [0.1, 0.15) is 22.6 Å². The van der Waals surface area contributed by atoms with E-state index in [1.165, 1.54) is 16.1 Å². The van der Waals surface area contributed by atoms with E-state index in [0.717, 1.165) is 62.3 Å². The molecule has 4 nitrogen and oxygen atoms in total. The molecule has 162 valence electrons. The summed E-state index contributed by atoms with van der Waals surface area (Å²) in [6.45, 7) is 2.93. The normalized spacial score (nSPS) is 23.1. The van der Waals surface area contributed by atoms with Crippen LogP contribution in [-0.2, 0) is 13.0 Å². The predicted molar refractivity (Wildman–Crippen MR) is 125 cm³/mol. The van der Waals surface area contributed by atoms with Gasteiger partial charge in [-0.25, -0.2) is 4.98 Å². The summed E-state index contributed by atoms with van der Waals surface area (Å²) in [5, 5.41) is 6.97. The first-order valence-electron chi connectivity index (χ1n) is 11.4. The van der Waals surface area contributed by atoms with Gasteiger partial charge >= 0.3 is 0 Å². The molecular formula is C26H30N2O2S. The minimum absolute atomic E-state index is 0.150. The summed E-state index contributed by atoms with van der Waals surface area (Å²) in [6, 6.07) is 17.4. The van der Waals surface area contributed by atoms with Crippen molar-refractivity contribution in [3.05, 3.63) is 75.7 Å². The van der Waals surface area contributed by atoms with Crippen molar-refractivity contribution in [3.63, 3.8) is 0 Å². The fraction of sp³-hybridized carbons (Fsp3) is 0.423. The summed E-state index contributed by atoms with van der Waals surface area (Å²) in [6.07, 6.45) is 6.99. The molecule has 1 fully saturated rings. The maximum atomic E-state index is 6.35. The predicted octanol–water partition coefficient (Wildman–Crippen LogP) is 6.00. The Labute approximate surface area is 188 Å². The number of nitrogens with zero attached hydrogens (tertiary/aromatic N) is 1. The van der Waals surface area contributed by atoms with Crippen LogP contribution < -0.4 is 14.8 Å². The highest BCUT2D eigenvalue weighted by Gasteiger charge is 2.24. The molecule has 0 saturated heterocycles. The zero-order valence-corrected chi connectivity index (χ0v) is 18.9. The van der Waals surface area contributed by atoms with Crippen LogP contribution in [0.5, 0.6) is 11.5 Å². The van der Waals surface area contributed by atoms with Crippen LogP contribution in [0, 0.1) is 6.92 Å². The number of nitrogens with one attached hydrogen (secondary N) is 1. The molecule has 2 aliphatic rings. The van der Waals surface area contributed by atoms with Crippen LogP contribution >= 0.6 is 11.3 Å². The van der Waals surface area contributed by atoms with Crippen molar-refractivity contribution in [1.82, 2.24) is 10.3 Å². The van der Waals surface area contributed by atoms with E-state index in [-0.39, 0.29) is 6.10 Å². The van der Waals surface area contributed by atoms with Crippen molar-refractivity contribution in [2.75, 3.05) is 0 Å². The molecule has 1 aliphatic carbocycles. The van der Waals surface area contributed by atoms with Crippen molar-refractivity contribution >= 4 is 11.3 Å². The van der Waals surface area contributed by atoms with E-state index in [4.69, 9.17) is 9.47 Å². The molecular weight excluding hydrogens is 404 g/mol. The van der Waals surface area contributed by atoms with Crippen molar-refractivity contribution in [1.29, 1.82) is 0 Å². The van der Waals surface area contributed by atoms with Gasteiger partial charge < -0.3 is 14.8 Å². The number of hydrogen-bond donors (Lipinski definition) is 1. The smallest absolute Gasteiger partial charge is 0.124 e. The van der Waals surface area contributed by atoms with E-state index in [1.807, 2.05) is 0 Å². The van der Waals surface area contributed by atoms with Gasteiger partial charge in [0.05, 0.1) is 6.10 Å². The molecule has 5 rings (SSSR count). The molecule has 1 aromatic heterocycles. The molecule has 1 atom stereocenters. The third-order valence-electron chi connectivity index (χ3n) is 6.33. The second-order valence-corrected chi connectivity index (χ2v) is 9.62. The van der Waals surface area contributed by atoms with Gasteiger partial charge in [-0.1, -0.05) is 30.3 Å². The Kier molecular flexibility index (Phi) is 6.23. The lowest BCUT2D eigenvalue weighted by Gasteiger charge is -2.30. The average Bonchev–Trinajstić information content (AvgIpc) is 3.24. The number of ether oxygens (including phenoxy) is 2. The molecule has 0 spiro atoms. The van der Waals surface area contributed by atoms with E-state index < -0.39 is 0 Å². The lowest BCUT2D eigenvalue weighted by Crippen LogP contribution is -2.35. The third kappa shape index (κ3) is 5.10. The van der Waals surface area contributed by atoms with Crippen molar-refractivity contribution in [3.8, 4) is 11.5 Å². The zero-order chi connectivity index (χ0) is 21.0. The summed E-state index contributed by atoms with van der Waals surface area (Å²) in [7, 11) is 0. The Balaban J connectivity index is 1.12. The number of rotatable bonds is 6. The Bertz CT molecular complexity index is 996. The molecule has 1 aliphatic heterocycles. The van der Waals surface area contributed by atoms with E-state index in [0.29, 0.717) is 12.1 Å². The van der Waals surface area contributed by atoms with Crippen molar-refractivity contribution in [2.45, 2.75) is 70.2 Å². The third-order valence-corrected chi connectivity index (χ3v) is 7.30. The van der Waals surface area contributed by atoms with Crippen LogP contribution in [0.25, 0.3) is 0 Å². The zero-order valence-electron chi connectivity index (χ0n) is 18.0. The molecule has 0 amide bonds. The van der Waals surface area contributed by atoms with Gasteiger partial charge in [0.25, 0.3) is 0 Å². The largest absolute Gasteiger partial charge is 0.490 e. The van der Waals surface area contributed by atoms with Gasteiger partial charge in [-0.15, -0.1) is 11.3 Å². The number of aromatic nitrogens is 1. The van der Waals surface area contributed by atoms with Crippen LogP contribution in [0.4, 0.5) is 0 Å². The second kappa shape index (κ2) is 9.41. The number of benzene rings is 2. The minimum Gasteiger partial charge on any atom is -0.490 e. The molecule has 1 saturated carbocycles. The minimum atomic E-state index is 0.150. The van der Waals surface area contributed by atoms with Crippen molar-refractivity contribution in [2.24, 2.45) is 0 Å². The van der Waals surface area contributed by atoms with Crippen molar-refractivity contribution < 1.29 is 9.47 Å². The highest BCUT2D eigenvalue weighted by molar-refractivity contribution is 7.09. The van der Waals surface area contributed by atoms with E-state index >= 15 is 0 Å². The van der Waals surface area contributed by atoms with Crippen LogP contribution in [0.2, 0.25) is 0 Å². The van der Waals surface area contributed by atoms with Gasteiger partial charge in [0, 0.05) is 23.7 Å². The van der Waals surface area contributed by atoms with Crippen LogP contribution in [-0.4, -0.2) is 17.1 Å². The number of fused-ring (bicyclic) bond motifs is 1. The summed E-state index contributed by atoms with van der Waals surface area (Å²) in [5.74, 6) is 1.98. The maximum Gasteiger partial charge on any atom is 0.124 e. The first-order valence-corrected chi connectivity index (χ1v) is 12.3. The summed E-state index contributed by atoms with van der Waals surface area (Å²) < 4.78 is 12.6. The van der Waals surface area contributed by atoms with Gasteiger partial charge in [-0.2, -0.15) is 0 Å². The standard InChI is InChI=1S/C26H30N2O2S/c1-18-17-31-26(28-18)16-27-21-8-10-22(11-9-21)29-23-12-14-25-20(15-23)7-13-24(30-25)19-5-3-2-4-6-19/h2-6,12,14-15,17,21-22,24,27H,7-11,13,16H2,1H3. The summed E-state index contributed by atoms with van der Waals surface area (Å²) in [4.78, 5) is 4.54. The number of aryl methyl sites for hydroxylation is 2. The SMILES string of the molecule is Cc1csc(CNC2CCC(Oc3ccc4c(c3)CCC(c3ccccc3)O4)CC2)n1. The molecule has 31 heavy (non-hydrogen) atoms. The van der Waals surface area contributed by atoms with Gasteiger partial charge in [0.15, 0.2) is 0 Å². The second-order valence-electron chi connectivity index (χ2n) is 8.68. The lowest BCUT2D eigenvalue weighted by atomic mass is 9.93. The van der Waals surface area contributed by atoms with Gasteiger partial charge in [-0.3, -0.25) is 0 Å². The maximum absolute atomic E-state index is 6.35. The number of hydrogen-bond acceptors (Lipinski definition) is 5. The first-order chi connectivity index (χ1) is 15.2. The lowest BCUT2D eigenvalue weighted by molar-refractivity contribution is 0.138. The highest BCUT2D eigenvalue weighted by atomic mass is 32.1. The summed E-state index contributed by atoms with van der Waals surface area (Å²) in [5.41, 5.74) is 3.63. The van der Waals surface area contributed by atoms with Crippen LogP contribution in [0.1, 0.15) is 60.0 Å². The fourth-order valence-electron chi connectivity index (χ4n) is 4.63. The Hall–Kier alpha value is -2.37. The molecule has 3 aromatic rings.